The van der Waals surface area contributed by atoms with E-state index in [0.29, 0.717) is 6.61 Å². The van der Waals surface area contributed by atoms with Crippen LogP contribution in [0, 0.1) is 0 Å². The molecule has 0 aliphatic rings. The normalized spacial score (nSPS) is 6.60. The lowest BCUT2D eigenvalue weighted by atomic mass is 10.9. The molecule has 0 unspecified atom stereocenters. The van der Waals surface area contributed by atoms with Crippen molar-refractivity contribution in [3.63, 3.8) is 0 Å². The first-order valence-electron chi connectivity index (χ1n) is 1.49. The van der Waals surface area contributed by atoms with Gasteiger partial charge in [-0.25, -0.2) is 4.84 Å². The highest BCUT2D eigenvalue weighted by Crippen LogP contribution is 1.52. The molecule has 0 saturated carbocycles. The summed E-state index contributed by atoms with van der Waals surface area (Å²) in [5, 5.41) is 3.10. The zero-order chi connectivity index (χ0) is 4.12. The van der Waals surface area contributed by atoms with Crippen LogP contribution < -0.4 is 5.16 Å². The highest BCUT2D eigenvalue weighted by Gasteiger charge is 1.72. The summed E-state index contributed by atoms with van der Waals surface area (Å²) < 4.78 is 0. The van der Waals surface area contributed by atoms with E-state index in [2.05, 4.69) is 16.7 Å². The first-order valence-corrected chi connectivity index (χ1v) is 1.49. The van der Waals surface area contributed by atoms with Gasteiger partial charge in [-0.3, -0.25) is 0 Å². The van der Waals surface area contributed by atoms with Crippen LogP contribution in [0.4, 0.5) is 0 Å². The van der Waals surface area contributed by atoms with Crippen LogP contribution in [0.25, 0.3) is 0 Å². The fourth-order valence-corrected chi connectivity index (χ4v) is 0.0913. The summed E-state index contributed by atoms with van der Waals surface area (Å²) in [5.41, 5.74) is 0. The van der Waals surface area contributed by atoms with Crippen molar-refractivity contribution < 1.29 is 4.84 Å². The van der Waals surface area contributed by atoms with Crippen molar-refractivity contribution >= 4 is 6.72 Å². The lowest BCUT2D eigenvalue weighted by molar-refractivity contribution is 0.114. The van der Waals surface area contributed by atoms with E-state index in [1.165, 1.54) is 0 Å². The van der Waals surface area contributed by atoms with Gasteiger partial charge in [0.1, 0.15) is 0 Å². The standard InChI is InChI=1S/C3H7NO/c1-3-5-4-2/h2-3H2,1H3/q+1. The summed E-state index contributed by atoms with van der Waals surface area (Å²) in [5.74, 6) is 0. The largest absolute Gasteiger partial charge is 0.282 e. The average molecular weight is 73.1 g/mol. The molecular weight excluding hydrogens is 66.0 g/mol. The molecule has 0 amide bonds. The first kappa shape index (κ1) is 4.47. The number of nitrogens with zero attached hydrogens (tertiary/aromatic N) is 1. The maximum absolute atomic E-state index is 4.35. The third kappa shape index (κ3) is 3.47. The molecule has 29 valence electrons. The molecule has 0 bridgehead atoms. The molecule has 5 heavy (non-hydrogen) atoms. The minimum atomic E-state index is 0.615. The van der Waals surface area contributed by atoms with Crippen molar-refractivity contribution in [2.75, 3.05) is 6.61 Å². The molecule has 0 rings (SSSR count). The predicted octanol–water partition coefficient (Wildman–Crippen LogP) is -0.0257. The first-order chi connectivity index (χ1) is 2.41. The minimum Gasteiger partial charge on any atom is -0.214 e. The molecule has 0 aliphatic carbocycles. The van der Waals surface area contributed by atoms with Crippen LogP contribution >= 0.6 is 0 Å². The molecule has 0 aromatic rings. The molecule has 0 aromatic carbocycles. The van der Waals surface area contributed by atoms with Crippen LogP contribution in [0.5, 0.6) is 0 Å². The van der Waals surface area contributed by atoms with Gasteiger partial charge in [-0.05, 0) is 6.92 Å². The second-order valence-corrected chi connectivity index (χ2v) is 0.547. The summed E-state index contributed by atoms with van der Waals surface area (Å²) in [7, 11) is 0. The Morgan fingerprint density at radius 2 is 2.60 bits per heavy atom. The van der Waals surface area contributed by atoms with Crippen molar-refractivity contribution in [3.8, 4) is 0 Å². The van der Waals surface area contributed by atoms with Gasteiger partial charge in [0.2, 0.25) is 0 Å². The quantitative estimate of drug-likeness (QED) is 0.332. The van der Waals surface area contributed by atoms with Gasteiger partial charge in [-0.2, -0.15) is 0 Å². The highest BCUT2D eigenvalue weighted by molar-refractivity contribution is 5.19. The molecule has 0 aliphatic heterocycles. The smallest absolute Gasteiger partial charge is 0.214 e. The second-order valence-electron chi connectivity index (χ2n) is 0.547. The Labute approximate surface area is 31.4 Å². The van der Waals surface area contributed by atoms with Gasteiger partial charge >= 0.3 is 0 Å². The molecular formula is C3H7NO+. The lowest BCUT2D eigenvalue weighted by Gasteiger charge is -1.65. The topological polar surface area (TPSA) is 23.3 Å². The number of oxime groups is 1. The summed E-state index contributed by atoms with van der Waals surface area (Å²) in [6.07, 6.45) is 0. The Hall–Kier alpha value is -0.530. The van der Waals surface area contributed by atoms with Crippen molar-refractivity contribution in [1.29, 1.82) is 0 Å². The zero-order valence-corrected chi connectivity index (χ0v) is 3.27. The Bertz CT molecular complexity index is 28.1. The molecule has 0 heterocycles. The van der Waals surface area contributed by atoms with E-state index >= 15 is 0 Å². The number of hydrogen-bond donors (Lipinski definition) is 0. The van der Waals surface area contributed by atoms with Gasteiger partial charge in [0.25, 0.3) is 11.9 Å². The van der Waals surface area contributed by atoms with E-state index in [1.54, 1.807) is 0 Å². The molecule has 0 aromatic heterocycles. The molecule has 2 heteroatoms. The van der Waals surface area contributed by atoms with Crippen LogP contribution in [0.2, 0.25) is 0 Å². The van der Waals surface area contributed by atoms with Crippen molar-refractivity contribution in [3.05, 3.63) is 0 Å². The number of hydrogen-bond acceptors (Lipinski definition) is 2. The van der Waals surface area contributed by atoms with E-state index in [4.69, 9.17) is 0 Å². The van der Waals surface area contributed by atoms with Crippen LogP contribution in [0.1, 0.15) is 6.92 Å². The zero-order valence-electron chi connectivity index (χ0n) is 3.27. The third-order valence-corrected chi connectivity index (χ3v) is 0.220. The van der Waals surface area contributed by atoms with Gasteiger partial charge in [0.05, 0.1) is 0 Å². The summed E-state index contributed by atoms with van der Waals surface area (Å²) >= 11 is 0. The monoisotopic (exact) mass is 73.1 g/mol. The Kier molecular flexibility index (Phi) is 3.10. The Morgan fingerprint density at radius 1 is 2.00 bits per heavy atom. The molecule has 0 N–H and O–H groups in total. The van der Waals surface area contributed by atoms with Gasteiger partial charge in [-0.1, -0.05) is 0 Å². The van der Waals surface area contributed by atoms with Gasteiger partial charge in [0.15, 0.2) is 6.61 Å². The van der Waals surface area contributed by atoms with Crippen LogP contribution in [-0.2, 0) is 4.84 Å². The van der Waals surface area contributed by atoms with Crippen LogP contribution in [-0.4, -0.2) is 13.3 Å². The third-order valence-electron chi connectivity index (χ3n) is 0.220. The molecule has 0 spiro atoms. The van der Waals surface area contributed by atoms with Crippen LogP contribution in [0.15, 0.2) is 0 Å². The molecule has 1 radical (unpaired) electrons. The molecule has 0 saturated heterocycles. The summed E-state index contributed by atoms with van der Waals surface area (Å²) in [4.78, 5) is 4.35. The highest BCUT2D eigenvalue weighted by atomic mass is 16.6. The van der Waals surface area contributed by atoms with Gasteiger partial charge in [-0.15, -0.1) is 0 Å². The molecule has 0 fully saturated rings. The SMILES string of the molecule is C=[N+]OCC. The van der Waals surface area contributed by atoms with Crippen molar-refractivity contribution in [2.45, 2.75) is 6.92 Å². The lowest BCUT2D eigenvalue weighted by Crippen LogP contribution is -1.86. The Balaban J connectivity index is 2.40. The number of rotatable bonds is 2. The predicted molar refractivity (Wildman–Crippen MR) is 20.9 cm³/mol. The van der Waals surface area contributed by atoms with E-state index in [1.807, 2.05) is 6.92 Å². The average Bonchev–Trinajstić information content (AvgIpc) is 1.41. The van der Waals surface area contributed by atoms with Crippen molar-refractivity contribution in [1.82, 2.24) is 5.16 Å². The maximum atomic E-state index is 4.35. The Morgan fingerprint density at radius 3 is 2.60 bits per heavy atom. The maximum Gasteiger partial charge on any atom is 0.282 e. The molecule has 2 nitrogen and oxygen atoms in total. The second kappa shape index (κ2) is 3.47. The summed E-state index contributed by atoms with van der Waals surface area (Å²) in [6, 6.07) is 0. The van der Waals surface area contributed by atoms with E-state index in [-0.39, 0.29) is 0 Å². The fourth-order valence-electron chi connectivity index (χ4n) is 0.0913. The summed E-state index contributed by atoms with van der Waals surface area (Å²) in [6.45, 7) is 5.55. The van der Waals surface area contributed by atoms with E-state index < -0.39 is 0 Å². The van der Waals surface area contributed by atoms with Crippen molar-refractivity contribution in [2.24, 2.45) is 0 Å². The van der Waals surface area contributed by atoms with Gasteiger partial charge in [0, 0.05) is 0 Å². The molecule has 0 atom stereocenters. The van der Waals surface area contributed by atoms with Gasteiger partial charge < -0.3 is 0 Å². The van der Waals surface area contributed by atoms with E-state index in [0.717, 1.165) is 0 Å². The minimum absolute atomic E-state index is 0.615. The fraction of sp³-hybridized carbons (Fsp3) is 0.667. The van der Waals surface area contributed by atoms with Crippen LogP contribution in [0.3, 0.4) is 0 Å². The van der Waals surface area contributed by atoms with E-state index in [9.17, 15) is 0 Å².